The number of aryl methyl sites for hydroxylation is 1. The molecule has 0 fully saturated rings. The van der Waals surface area contributed by atoms with Crippen LogP contribution >= 0.6 is 0 Å². The molecule has 0 spiro atoms. The van der Waals surface area contributed by atoms with Crippen LogP contribution in [-0.4, -0.2) is 6.54 Å². The van der Waals surface area contributed by atoms with Gasteiger partial charge in [-0.25, -0.2) is 0 Å². The van der Waals surface area contributed by atoms with Gasteiger partial charge >= 0.3 is 0 Å². The molecule has 0 aromatic heterocycles. The third kappa shape index (κ3) is 1.93. The second kappa shape index (κ2) is 4.36. The summed E-state index contributed by atoms with van der Waals surface area (Å²) in [7, 11) is 0. The zero-order valence-corrected chi connectivity index (χ0v) is 10.0. The summed E-state index contributed by atoms with van der Waals surface area (Å²) in [4.78, 5) is 0. The number of fused-ring (bicyclic) bond motifs is 1. The highest BCUT2D eigenvalue weighted by Crippen LogP contribution is 2.41. The molecule has 0 aliphatic heterocycles. The molecule has 1 aromatic carbocycles. The largest absolute Gasteiger partial charge is 0.310 e. The van der Waals surface area contributed by atoms with Crippen molar-refractivity contribution in [2.45, 2.75) is 45.6 Å². The first kappa shape index (κ1) is 10.7. The monoisotopic (exact) mass is 203 g/mol. The first-order valence-electron chi connectivity index (χ1n) is 6.06. The second-order valence-corrected chi connectivity index (χ2v) is 4.72. The highest BCUT2D eigenvalue weighted by Gasteiger charge is 2.28. The van der Waals surface area contributed by atoms with Gasteiger partial charge in [-0.1, -0.05) is 32.0 Å². The third-order valence-electron chi connectivity index (χ3n) is 3.46. The Morgan fingerprint density at radius 3 is 2.93 bits per heavy atom. The van der Waals surface area contributed by atoms with E-state index in [-0.39, 0.29) is 0 Å². The molecule has 15 heavy (non-hydrogen) atoms. The summed E-state index contributed by atoms with van der Waals surface area (Å²) in [6.45, 7) is 7.93. The van der Waals surface area contributed by atoms with Gasteiger partial charge in [0.2, 0.25) is 0 Å². The van der Waals surface area contributed by atoms with Crippen LogP contribution in [0.4, 0.5) is 0 Å². The minimum Gasteiger partial charge on any atom is -0.310 e. The normalized spacial score (nSPS) is 24.2. The van der Waals surface area contributed by atoms with Crippen LogP contribution in [-0.2, 0) is 0 Å². The number of hydrogen-bond donors (Lipinski definition) is 1. The Balaban J connectivity index is 2.26. The van der Waals surface area contributed by atoms with E-state index in [2.05, 4.69) is 44.3 Å². The van der Waals surface area contributed by atoms with Crippen molar-refractivity contribution in [1.29, 1.82) is 0 Å². The molecule has 0 saturated heterocycles. The predicted molar refractivity (Wildman–Crippen MR) is 65.2 cm³/mol. The molecule has 82 valence electrons. The lowest BCUT2D eigenvalue weighted by atomic mass is 9.98. The number of rotatable bonds is 3. The zero-order valence-electron chi connectivity index (χ0n) is 10.0. The van der Waals surface area contributed by atoms with Crippen LogP contribution in [0.15, 0.2) is 18.2 Å². The molecular weight excluding hydrogens is 182 g/mol. The molecule has 0 radical (unpaired) electrons. The van der Waals surface area contributed by atoms with Crippen LogP contribution < -0.4 is 5.32 Å². The van der Waals surface area contributed by atoms with E-state index >= 15 is 0 Å². The van der Waals surface area contributed by atoms with E-state index in [0.717, 1.165) is 12.5 Å². The van der Waals surface area contributed by atoms with Crippen LogP contribution in [0.5, 0.6) is 0 Å². The van der Waals surface area contributed by atoms with Crippen LogP contribution in [0.2, 0.25) is 0 Å². The van der Waals surface area contributed by atoms with Gasteiger partial charge in [-0.2, -0.15) is 0 Å². The van der Waals surface area contributed by atoms with E-state index in [9.17, 15) is 0 Å². The maximum Gasteiger partial charge on any atom is 0.0328 e. The Labute approximate surface area is 92.9 Å². The molecule has 0 saturated carbocycles. The predicted octanol–water partition coefficient (Wildman–Crippen LogP) is 3.54. The highest BCUT2D eigenvalue weighted by molar-refractivity contribution is 5.42. The maximum atomic E-state index is 3.65. The van der Waals surface area contributed by atoms with Crippen molar-refractivity contribution in [3.63, 3.8) is 0 Å². The molecule has 1 aliphatic rings. The second-order valence-electron chi connectivity index (χ2n) is 4.72. The molecule has 0 amide bonds. The molecule has 2 unspecified atom stereocenters. The fourth-order valence-electron chi connectivity index (χ4n) is 2.79. The topological polar surface area (TPSA) is 12.0 Å². The Bertz CT molecular complexity index is 343. The van der Waals surface area contributed by atoms with Crippen molar-refractivity contribution in [2.24, 2.45) is 0 Å². The Kier molecular flexibility index (Phi) is 3.11. The molecular formula is C14H21N. The minimum atomic E-state index is 0.592. The van der Waals surface area contributed by atoms with Gasteiger partial charge in [0, 0.05) is 6.04 Å². The molecule has 0 bridgehead atoms. The van der Waals surface area contributed by atoms with Gasteiger partial charge in [0.25, 0.3) is 0 Å². The molecule has 1 nitrogen and oxygen atoms in total. The van der Waals surface area contributed by atoms with Gasteiger partial charge in [0.05, 0.1) is 0 Å². The van der Waals surface area contributed by atoms with Crippen LogP contribution in [0, 0.1) is 6.92 Å². The van der Waals surface area contributed by atoms with Crippen molar-refractivity contribution in [3.05, 3.63) is 34.9 Å². The van der Waals surface area contributed by atoms with E-state index < -0.39 is 0 Å². The smallest absolute Gasteiger partial charge is 0.0328 e. The van der Waals surface area contributed by atoms with E-state index in [0.29, 0.717) is 6.04 Å². The van der Waals surface area contributed by atoms with E-state index in [1.807, 2.05) is 0 Å². The molecule has 2 rings (SSSR count). The maximum absolute atomic E-state index is 3.65. The first-order valence-corrected chi connectivity index (χ1v) is 6.06. The lowest BCUT2D eigenvalue weighted by molar-refractivity contribution is 0.505. The molecule has 1 aliphatic carbocycles. The lowest BCUT2D eigenvalue weighted by Gasteiger charge is -2.13. The summed E-state index contributed by atoms with van der Waals surface area (Å²) < 4.78 is 0. The van der Waals surface area contributed by atoms with Crippen molar-refractivity contribution >= 4 is 0 Å². The van der Waals surface area contributed by atoms with Crippen molar-refractivity contribution in [1.82, 2.24) is 5.32 Å². The fourth-order valence-corrected chi connectivity index (χ4v) is 2.79. The van der Waals surface area contributed by atoms with Crippen molar-refractivity contribution < 1.29 is 0 Å². The lowest BCUT2D eigenvalue weighted by Crippen LogP contribution is -2.19. The van der Waals surface area contributed by atoms with Crippen LogP contribution in [0.25, 0.3) is 0 Å². The standard InChI is InChI=1S/C14H21N/c1-4-8-15-13-9-11(3)14-10(2)6-5-7-12(13)14/h5-7,11,13,15H,4,8-9H2,1-3H3. The third-order valence-corrected chi connectivity index (χ3v) is 3.46. The number of hydrogen-bond acceptors (Lipinski definition) is 1. The van der Waals surface area contributed by atoms with Crippen molar-refractivity contribution in [2.75, 3.05) is 6.54 Å². The molecule has 0 heterocycles. The molecule has 1 N–H and O–H groups in total. The summed E-state index contributed by atoms with van der Waals surface area (Å²) in [5.41, 5.74) is 4.59. The molecule has 2 atom stereocenters. The summed E-state index contributed by atoms with van der Waals surface area (Å²) in [5, 5.41) is 3.65. The van der Waals surface area contributed by atoms with Gasteiger partial charge in [0.1, 0.15) is 0 Å². The van der Waals surface area contributed by atoms with Gasteiger partial charge < -0.3 is 5.32 Å². The van der Waals surface area contributed by atoms with Crippen LogP contribution in [0.3, 0.4) is 0 Å². The van der Waals surface area contributed by atoms with Crippen molar-refractivity contribution in [3.8, 4) is 0 Å². The molecule has 1 heteroatoms. The quantitative estimate of drug-likeness (QED) is 0.792. The average Bonchev–Trinajstić information content (AvgIpc) is 2.54. The summed E-state index contributed by atoms with van der Waals surface area (Å²) in [6, 6.07) is 7.30. The number of benzene rings is 1. The van der Waals surface area contributed by atoms with Gasteiger partial charge in [-0.3, -0.25) is 0 Å². The summed E-state index contributed by atoms with van der Waals surface area (Å²) in [5.74, 6) is 0.718. The van der Waals surface area contributed by atoms with E-state index in [1.165, 1.54) is 24.0 Å². The van der Waals surface area contributed by atoms with Gasteiger partial charge in [-0.15, -0.1) is 0 Å². The van der Waals surface area contributed by atoms with Crippen LogP contribution in [0.1, 0.15) is 55.3 Å². The fraction of sp³-hybridized carbons (Fsp3) is 0.571. The Hall–Kier alpha value is -0.820. The summed E-state index contributed by atoms with van der Waals surface area (Å²) >= 11 is 0. The highest BCUT2D eigenvalue weighted by atomic mass is 14.9. The van der Waals surface area contributed by atoms with E-state index in [1.54, 1.807) is 5.56 Å². The Morgan fingerprint density at radius 1 is 1.40 bits per heavy atom. The minimum absolute atomic E-state index is 0.592. The van der Waals surface area contributed by atoms with Gasteiger partial charge in [0.15, 0.2) is 0 Å². The average molecular weight is 203 g/mol. The van der Waals surface area contributed by atoms with E-state index in [4.69, 9.17) is 0 Å². The summed E-state index contributed by atoms with van der Waals surface area (Å²) in [6.07, 6.45) is 2.48. The Morgan fingerprint density at radius 2 is 2.20 bits per heavy atom. The SMILES string of the molecule is CCCNC1CC(C)c2c(C)cccc21. The first-order chi connectivity index (χ1) is 7.24. The molecule has 1 aromatic rings. The van der Waals surface area contributed by atoms with Gasteiger partial charge in [-0.05, 0) is 48.9 Å². The zero-order chi connectivity index (χ0) is 10.8. The number of nitrogens with one attached hydrogen (secondary N) is 1.